The van der Waals surface area contributed by atoms with Crippen LogP contribution in [0.1, 0.15) is 23.6 Å². The maximum absolute atomic E-state index is 5.28. The van der Waals surface area contributed by atoms with Crippen molar-refractivity contribution in [1.29, 1.82) is 0 Å². The van der Waals surface area contributed by atoms with Gasteiger partial charge in [0.2, 0.25) is 11.7 Å². The summed E-state index contributed by atoms with van der Waals surface area (Å²) in [4.78, 5) is 8.58. The second kappa shape index (κ2) is 6.68. The van der Waals surface area contributed by atoms with Crippen molar-refractivity contribution in [3.63, 3.8) is 0 Å². The molecule has 4 nitrogen and oxygen atoms in total. The Bertz CT molecular complexity index is 813. The van der Waals surface area contributed by atoms with Gasteiger partial charge < -0.3 is 4.52 Å². The highest BCUT2D eigenvalue weighted by atomic mass is 16.5. The Hall–Kier alpha value is -2.93. The van der Waals surface area contributed by atoms with Gasteiger partial charge in [-0.15, -0.1) is 0 Å². The largest absolute Gasteiger partial charge is 0.339 e. The molecular formula is C18H15N3O. The van der Waals surface area contributed by atoms with E-state index in [1.165, 1.54) is 0 Å². The van der Waals surface area contributed by atoms with E-state index in [0.717, 1.165) is 16.8 Å². The standard InChI is InChI=1S/C18H15N3O/c1-14-8-2-4-11-16(14)18-20-17(22-21-18)12-5-3-9-15-10-6-7-13-19-15/h2,4,6-8,10-11,13H,5,12H2,1H3. The van der Waals surface area contributed by atoms with Crippen LogP contribution in [0.4, 0.5) is 0 Å². The van der Waals surface area contributed by atoms with E-state index in [0.29, 0.717) is 24.6 Å². The zero-order valence-corrected chi connectivity index (χ0v) is 12.3. The van der Waals surface area contributed by atoms with Crippen LogP contribution in [0.5, 0.6) is 0 Å². The minimum absolute atomic E-state index is 0.605. The molecule has 108 valence electrons. The van der Waals surface area contributed by atoms with Gasteiger partial charge in [-0.3, -0.25) is 0 Å². The number of hydrogen-bond acceptors (Lipinski definition) is 4. The van der Waals surface area contributed by atoms with E-state index in [2.05, 4.69) is 27.0 Å². The van der Waals surface area contributed by atoms with Crippen molar-refractivity contribution in [2.75, 3.05) is 0 Å². The van der Waals surface area contributed by atoms with Crippen LogP contribution in [0.2, 0.25) is 0 Å². The molecule has 1 aromatic carbocycles. The lowest BCUT2D eigenvalue weighted by molar-refractivity contribution is 0.380. The first-order chi connectivity index (χ1) is 10.8. The Morgan fingerprint density at radius 2 is 1.95 bits per heavy atom. The summed E-state index contributed by atoms with van der Waals surface area (Å²) in [6.07, 6.45) is 3.03. The van der Waals surface area contributed by atoms with E-state index in [1.807, 2.05) is 49.4 Å². The molecule has 0 N–H and O–H groups in total. The minimum atomic E-state index is 0.605. The number of nitrogens with zero attached hydrogens (tertiary/aromatic N) is 3. The normalized spacial score (nSPS) is 10.0. The van der Waals surface area contributed by atoms with Gasteiger partial charge in [-0.1, -0.05) is 41.4 Å². The second-order valence-corrected chi connectivity index (χ2v) is 4.84. The molecule has 4 heteroatoms. The Morgan fingerprint density at radius 1 is 1.09 bits per heavy atom. The van der Waals surface area contributed by atoms with Crippen LogP contribution in [0.15, 0.2) is 53.2 Å². The molecule has 2 aromatic heterocycles. The van der Waals surface area contributed by atoms with Gasteiger partial charge in [-0.05, 0) is 30.5 Å². The van der Waals surface area contributed by atoms with Crippen LogP contribution in [0.25, 0.3) is 11.4 Å². The molecule has 0 fully saturated rings. The third kappa shape index (κ3) is 3.39. The molecule has 0 unspecified atom stereocenters. The molecule has 0 saturated carbocycles. The molecule has 0 aliphatic rings. The fourth-order valence-electron chi connectivity index (χ4n) is 2.05. The monoisotopic (exact) mass is 289 g/mol. The number of aryl methyl sites for hydroxylation is 2. The van der Waals surface area contributed by atoms with Gasteiger partial charge in [0.1, 0.15) is 5.69 Å². The highest BCUT2D eigenvalue weighted by Crippen LogP contribution is 2.19. The summed E-state index contributed by atoms with van der Waals surface area (Å²) in [5.74, 6) is 7.32. The van der Waals surface area contributed by atoms with Crippen molar-refractivity contribution in [2.24, 2.45) is 0 Å². The molecule has 3 aromatic rings. The van der Waals surface area contributed by atoms with Crippen LogP contribution in [0, 0.1) is 18.8 Å². The fraction of sp³-hybridized carbons (Fsp3) is 0.167. The molecule has 2 heterocycles. The van der Waals surface area contributed by atoms with Crippen LogP contribution < -0.4 is 0 Å². The Balaban J connectivity index is 1.64. The molecule has 0 amide bonds. The average Bonchev–Trinajstić information content (AvgIpc) is 3.02. The Morgan fingerprint density at radius 3 is 2.77 bits per heavy atom. The van der Waals surface area contributed by atoms with Crippen molar-refractivity contribution < 1.29 is 4.52 Å². The molecule has 3 rings (SSSR count). The SMILES string of the molecule is Cc1ccccc1-c1noc(CCC#Cc2ccccn2)n1. The molecule has 0 radical (unpaired) electrons. The topological polar surface area (TPSA) is 51.8 Å². The maximum Gasteiger partial charge on any atom is 0.227 e. The lowest BCUT2D eigenvalue weighted by atomic mass is 10.1. The molecule has 0 atom stereocenters. The van der Waals surface area contributed by atoms with Crippen molar-refractivity contribution >= 4 is 0 Å². The van der Waals surface area contributed by atoms with Crippen LogP contribution >= 0.6 is 0 Å². The van der Waals surface area contributed by atoms with Crippen LogP contribution in [-0.2, 0) is 6.42 Å². The number of pyridine rings is 1. The minimum Gasteiger partial charge on any atom is -0.339 e. The molecule has 0 spiro atoms. The quantitative estimate of drug-likeness (QED) is 0.693. The Labute approximate surface area is 129 Å². The zero-order chi connectivity index (χ0) is 15.2. The van der Waals surface area contributed by atoms with Gasteiger partial charge in [-0.2, -0.15) is 4.98 Å². The first kappa shape index (κ1) is 14.0. The van der Waals surface area contributed by atoms with Gasteiger partial charge in [0.25, 0.3) is 0 Å². The number of rotatable bonds is 3. The van der Waals surface area contributed by atoms with Crippen molar-refractivity contribution in [3.8, 4) is 23.2 Å². The van der Waals surface area contributed by atoms with Crippen molar-refractivity contribution in [3.05, 3.63) is 65.8 Å². The number of aromatic nitrogens is 3. The molecule has 0 bridgehead atoms. The Kier molecular flexibility index (Phi) is 4.26. The van der Waals surface area contributed by atoms with E-state index >= 15 is 0 Å². The summed E-state index contributed by atoms with van der Waals surface area (Å²) in [6, 6.07) is 13.7. The first-order valence-corrected chi connectivity index (χ1v) is 7.11. The summed E-state index contributed by atoms with van der Waals surface area (Å²) >= 11 is 0. The lowest BCUT2D eigenvalue weighted by Crippen LogP contribution is -1.87. The smallest absolute Gasteiger partial charge is 0.227 e. The highest BCUT2D eigenvalue weighted by molar-refractivity contribution is 5.58. The van der Waals surface area contributed by atoms with Gasteiger partial charge in [0.15, 0.2) is 0 Å². The first-order valence-electron chi connectivity index (χ1n) is 7.11. The second-order valence-electron chi connectivity index (χ2n) is 4.84. The summed E-state index contributed by atoms with van der Waals surface area (Å²) in [7, 11) is 0. The number of hydrogen-bond donors (Lipinski definition) is 0. The summed E-state index contributed by atoms with van der Waals surface area (Å²) in [5, 5.41) is 4.04. The molecular weight excluding hydrogens is 274 g/mol. The van der Waals surface area contributed by atoms with Crippen LogP contribution in [-0.4, -0.2) is 15.1 Å². The molecule has 22 heavy (non-hydrogen) atoms. The van der Waals surface area contributed by atoms with E-state index in [4.69, 9.17) is 4.52 Å². The van der Waals surface area contributed by atoms with Gasteiger partial charge in [-0.25, -0.2) is 4.98 Å². The third-order valence-corrected chi connectivity index (χ3v) is 3.20. The van der Waals surface area contributed by atoms with E-state index in [1.54, 1.807) is 6.20 Å². The van der Waals surface area contributed by atoms with E-state index < -0.39 is 0 Å². The van der Waals surface area contributed by atoms with E-state index in [9.17, 15) is 0 Å². The van der Waals surface area contributed by atoms with Gasteiger partial charge >= 0.3 is 0 Å². The summed E-state index contributed by atoms with van der Waals surface area (Å²) < 4.78 is 5.28. The molecule has 0 aliphatic carbocycles. The number of benzene rings is 1. The fourth-order valence-corrected chi connectivity index (χ4v) is 2.05. The van der Waals surface area contributed by atoms with E-state index in [-0.39, 0.29) is 0 Å². The van der Waals surface area contributed by atoms with Crippen molar-refractivity contribution in [2.45, 2.75) is 19.8 Å². The average molecular weight is 289 g/mol. The van der Waals surface area contributed by atoms with Crippen molar-refractivity contribution in [1.82, 2.24) is 15.1 Å². The predicted molar refractivity (Wildman–Crippen MR) is 83.9 cm³/mol. The highest BCUT2D eigenvalue weighted by Gasteiger charge is 2.09. The summed E-state index contributed by atoms with van der Waals surface area (Å²) in [6.45, 7) is 2.03. The van der Waals surface area contributed by atoms with Gasteiger partial charge in [0.05, 0.1) is 0 Å². The van der Waals surface area contributed by atoms with Gasteiger partial charge in [0, 0.05) is 24.6 Å². The lowest BCUT2D eigenvalue weighted by Gasteiger charge is -1.97. The third-order valence-electron chi connectivity index (χ3n) is 3.20. The maximum atomic E-state index is 5.28. The van der Waals surface area contributed by atoms with Crippen LogP contribution in [0.3, 0.4) is 0 Å². The molecule has 0 aliphatic heterocycles. The predicted octanol–water partition coefficient (Wildman–Crippen LogP) is 3.42. The summed E-state index contributed by atoms with van der Waals surface area (Å²) in [5.41, 5.74) is 2.90. The molecule has 0 saturated heterocycles. The zero-order valence-electron chi connectivity index (χ0n) is 12.3.